The molecule has 1 aromatic carbocycles. The van der Waals surface area contributed by atoms with Gasteiger partial charge in [-0.25, -0.2) is 4.79 Å². The number of carbonyl (C=O) groups excluding carboxylic acids is 1. The number of fused-ring (bicyclic) bond motifs is 1. The van der Waals surface area contributed by atoms with Crippen LogP contribution in [0.4, 0.5) is 5.69 Å². The van der Waals surface area contributed by atoms with Crippen LogP contribution < -0.4 is 11.1 Å². The van der Waals surface area contributed by atoms with Gasteiger partial charge in [-0.1, -0.05) is 0 Å². The Labute approximate surface area is 85.1 Å². The lowest BCUT2D eigenvalue weighted by Crippen LogP contribution is -2.09. The molecule has 2 N–H and O–H groups in total. The van der Waals surface area contributed by atoms with E-state index in [1.807, 2.05) is 0 Å². The van der Waals surface area contributed by atoms with Crippen molar-refractivity contribution in [3.05, 3.63) is 28.7 Å². The number of hydrogen-bond donors (Lipinski definition) is 2. The predicted molar refractivity (Wildman–Crippen MR) is 56.0 cm³/mol. The lowest BCUT2D eigenvalue weighted by atomic mass is 10.3. The predicted octanol–water partition coefficient (Wildman–Crippen LogP) is 1.12. The van der Waals surface area contributed by atoms with E-state index >= 15 is 0 Å². The Morgan fingerprint density at radius 3 is 3.07 bits per heavy atom. The minimum atomic E-state index is -0.478. The number of Topliss-reactive ketones (excluding diaryl/α,β-unsaturated/α-hetero) is 1. The summed E-state index contributed by atoms with van der Waals surface area (Å²) in [6.45, 7) is 1.78. The van der Waals surface area contributed by atoms with Crippen LogP contribution in [-0.4, -0.2) is 17.3 Å². The van der Waals surface area contributed by atoms with Crippen LogP contribution in [0, 0.1) is 0 Å². The first-order valence-electron chi connectivity index (χ1n) is 4.51. The molecule has 2 aromatic rings. The summed E-state index contributed by atoms with van der Waals surface area (Å²) < 4.78 is 4.84. The molecular formula is C10H10N2O3. The Balaban J connectivity index is 2.30. The summed E-state index contributed by atoms with van der Waals surface area (Å²) in [5.41, 5.74) is 1.90. The molecule has 0 fully saturated rings. The fourth-order valence-corrected chi connectivity index (χ4v) is 1.29. The number of oxazole rings is 1. The fraction of sp³-hybridized carbons (Fsp3) is 0.200. The molecule has 2 rings (SSSR count). The Kier molecular flexibility index (Phi) is 2.29. The first-order valence-corrected chi connectivity index (χ1v) is 4.51. The molecular weight excluding hydrogens is 196 g/mol. The smallest absolute Gasteiger partial charge is 0.408 e. The second-order valence-corrected chi connectivity index (χ2v) is 3.28. The lowest BCUT2D eigenvalue weighted by molar-refractivity contribution is -0.115. The highest BCUT2D eigenvalue weighted by atomic mass is 16.4. The quantitative estimate of drug-likeness (QED) is 0.789. The maximum atomic E-state index is 10.9. The number of rotatable bonds is 3. The molecule has 5 heteroatoms. The number of aromatic amines is 1. The number of aromatic nitrogens is 1. The van der Waals surface area contributed by atoms with Crippen molar-refractivity contribution in [2.45, 2.75) is 6.92 Å². The standard InChI is InChI=1S/C10H10N2O3/c1-6(13)5-11-7-2-3-9-8(4-7)12-10(14)15-9/h2-4,11H,5H2,1H3,(H,12,14). The summed E-state index contributed by atoms with van der Waals surface area (Å²) in [4.78, 5) is 24.2. The zero-order valence-electron chi connectivity index (χ0n) is 8.16. The van der Waals surface area contributed by atoms with Crippen molar-refractivity contribution in [1.29, 1.82) is 0 Å². The van der Waals surface area contributed by atoms with Crippen LogP contribution in [0.15, 0.2) is 27.4 Å². The van der Waals surface area contributed by atoms with Gasteiger partial charge >= 0.3 is 5.76 Å². The minimum absolute atomic E-state index is 0.0517. The van der Waals surface area contributed by atoms with Crippen LogP contribution in [0.1, 0.15) is 6.92 Å². The van der Waals surface area contributed by atoms with Gasteiger partial charge in [0.25, 0.3) is 0 Å². The van der Waals surface area contributed by atoms with Crippen molar-refractivity contribution in [2.24, 2.45) is 0 Å². The van der Waals surface area contributed by atoms with E-state index in [1.165, 1.54) is 6.92 Å². The SMILES string of the molecule is CC(=O)CNc1ccc2oc(=O)[nH]c2c1. The van der Waals surface area contributed by atoms with Crippen molar-refractivity contribution in [2.75, 3.05) is 11.9 Å². The Hall–Kier alpha value is -2.04. The van der Waals surface area contributed by atoms with Crippen molar-refractivity contribution in [3.8, 4) is 0 Å². The molecule has 1 heterocycles. The molecule has 0 unspecified atom stereocenters. The highest BCUT2D eigenvalue weighted by molar-refractivity contribution is 5.82. The van der Waals surface area contributed by atoms with Gasteiger partial charge in [-0.3, -0.25) is 9.78 Å². The van der Waals surface area contributed by atoms with Gasteiger partial charge in [0.15, 0.2) is 5.58 Å². The summed E-state index contributed by atoms with van der Waals surface area (Å²) in [7, 11) is 0. The van der Waals surface area contributed by atoms with Gasteiger partial charge in [0.1, 0.15) is 5.78 Å². The zero-order chi connectivity index (χ0) is 10.8. The highest BCUT2D eigenvalue weighted by Crippen LogP contribution is 2.15. The fourth-order valence-electron chi connectivity index (χ4n) is 1.29. The first kappa shape index (κ1) is 9.51. The van der Waals surface area contributed by atoms with E-state index in [4.69, 9.17) is 4.42 Å². The van der Waals surface area contributed by atoms with Crippen molar-refractivity contribution in [3.63, 3.8) is 0 Å². The second kappa shape index (κ2) is 3.61. The molecule has 78 valence electrons. The summed E-state index contributed by atoms with van der Waals surface area (Å²) in [5, 5.41) is 2.93. The Bertz CT molecular complexity index is 553. The van der Waals surface area contributed by atoms with Crippen LogP contribution in [-0.2, 0) is 4.79 Å². The molecule has 0 saturated carbocycles. The topological polar surface area (TPSA) is 75.1 Å². The molecule has 0 amide bonds. The van der Waals surface area contributed by atoms with Gasteiger partial charge < -0.3 is 9.73 Å². The van der Waals surface area contributed by atoms with E-state index in [-0.39, 0.29) is 12.3 Å². The molecule has 15 heavy (non-hydrogen) atoms. The number of hydrogen-bond acceptors (Lipinski definition) is 4. The Morgan fingerprint density at radius 1 is 1.53 bits per heavy atom. The second-order valence-electron chi connectivity index (χ2n) is 3.28. The van der Waals surface area contributed by atoms with Gasteiger partial charge in [-0.05, 0) is 25.1 Å². The molecule has 0 aliphatic carbocycles. The van der Waals surface area contributed by atoms with Crippen molar-refractivity contribution < 1.29 is 9.21 Å². The molecule has 0 atom stereocenters. The number of ketones is 1. The van der Waals surface area contributed by atoms with Crippen LogP contribution in [0.25, 0.3) is 11.1 Å². The minimum Gasteiger partial charge on any atom is -0.408 e. The van der Waals surface area contributed by atoms with E-state index < -0.39 is 5.76 Å². The molecule has 0 spiro atoms. The molecule has 0 radical (unpaired) electrons. The molecule has 0 aliphatic rings. The van der Waals surface area contributed by atoms with Crippen LogP contribution in [0.3, 0.4) is 0 Å². The molecule has 5 nitrogen and oxygen atoms in total. The summed E-state index contributed by atoms with van der Waals surface area (Å²) in [5.74, 6) is -0.426. The average Bonchev–Trinajstić information content (AvgIpc) is 2.53. The zero-order valence-corrected chi connectivity index (χ0v) is 8.16. The van der Waals surface area contributed by atoms with Gasteiger partial charge in [0.2, 0.25) is 0 Å². The van der Waals surface area contributed by atoms with Crippen molar-refractivity contribution >= 4 is 22.6 Å². The van der Waals surface area contributed by atoms with E-state index in [9.17, 15) is 9.59 Å². The third-order valence-corrected chi connectivity index (χ3v) is 1.96. The van der Waals surface area contributed by atoms with E-state index in [0.29, 0.717) is 11.1 Å². The maximum Gasteiger partial charge on any atom is 0.417 e. The van der Waals surface area contributed by atoms with E-state index in [2.05, 4.69) is 10.3 Å². The lowest BCUT2D eigenvalue weighted by Gasteiger charge is -2.02. The average molecular weight is 206 g/mol. The van der Waals surface area contributed by atoms with E-state index in [0.717, 1.165) is 5.69 Å². The number of anilines is 1. The number of benzene rings is 1. The molecule has 1 aromatic heterocycles. The van der Waals surface area contributed by atoms with Crippen LogP contribution in [0.2, 0.25) is 0 Å². The van der Waals surface area contributed by atoms with Crippen LogP contribution in [0.5, 0.6) is 0 Å². The summed E-state index contributed by atoms with van der Waals surface area (Å²) in [6, 6.07) is 5.15. The number of nitrogens with one attached hydrogen (secondary N) is 2. The molecule has 0 bridgehead atoms. The van der Waals surface area contributed by atoms with E-state index in [1.54, 1.807) is 18.2 Å². The normalized spacial score (nSPS) is 10.5. The summed E-state index contributed by atoms with van der Waals surface area (Å²) in [6.07, 6.45) is 0. The van der Waals surface area contributed by atoms with Gasteiger partial charge in [0, 0.05) is 5.69 Å². The monoisotopic (exact) mass is 206 g/mol. The Morgan fingerprint density at radius 2 is 2.33 bits per heavy atom. The largest absolute Gasteiger partial charge is 0.417 e. The first-order chi connectivity index (χ1) is 7.15. The number of H-pyrrole nitrogens is 1. The van der Waals surface area contributed by atoms with Gasteiger partial charge in [0.05, 0.1) is 12.1 Å². The third kappa shape index (κ3) is 2.07. The van der Waals surface area contributed by atoms with Crippen LogP contribution >= 0.6 is 0 Å². The van der Waals surface area contributed by atoms with Gasteiger partial charge in [-0.2, -0.15) is 0 Å². The number of carbonyl (C=O) groups is 1. The molecule has 0 saturated heterocycles. The molecule has 0 aliphatic heterocycles. The van der Waals surface area contributed by atoms with Gasteiger partial charge in [-0.15, -0.1) is 0 Å². The van der Waals surface area contributed by atoms with Crippen molar-refractivity contribution in [1.82, 2.24) is 4.98 Å². The third-order valence-electron chi connectivity index (χ3n) is 1.96. The maximum absolute atomic E-state index is 10.9. The summed E-state index contributed by atoms with van der Waals surface area (Å²) >= 11 is 0. The highest BCUT2D eigenvalue weighted by Gasteiger charge is 2.01.